The molecule has 0 aromatic heterocycles. The zero-order valence-corrected chi connectivity index (χ0v) is 15.1. The lowest BCUT2D eigenvalue weighted by Gasteiger charge is -2.41. The van der Waals surface area contributed by atoms with Crippen LogP contribution in [0.4, 0.5) is 17.1 Å². The molecular weight excluding hydrogens is 310 g/mol. The normalized spacial score (nSPS) is 21.1. The molecule has 130 valence electrons. The van der Waals surface area contributed by atoms with Crippen molar-refractivity contribution < 1.29 is 4.79 Å². The Morgan fingerprint density at radius 2 is 1.80 bits per heavy atom. The van der Waals surface area contributed by atoms with Gasteiger partial charge in [0.15, 0.2) is 0 Å². The van der Waals surface area contributed by atoms with Crippen molar-refractivity contribution in [2.24, 2.45) is 0 Å². The zero-order valence-electron chi connectivity index (χ0n) is 15.1. The first-order valence-electron chi connectivity index (χ1n) is 9.07. The Kier molecular flexibility index (Phi) is 3.91. The zero-order chi connectivity index (χ0) is 17.6. The van der Waals surface area contributed by atoms with Crippen LogP contribution < -0.4 is 15.1 Å². The Labute approximate surface area is 149 Å². The highest BCUT2D eigenvalue weighted by molar-refractivity contribution is 6.05. The molecule has 0 bridgehead atoms. The van der Waals surface area contributed by atoms with Crippen LogP contribution in [0.5, 0.6) is 0 Å². The molecule has 1 saturated carbocycles. The van der Waals surface area contributed by atoms with E-state index in [1.165, 1.54) is 24.1 Å². The second-order valence-electron chi connectivity index (χ2n) is 7.19. The maximum Gasteiger partial charge on any atom is 0.249 e. The summed E-state index contributed by atoms with van der Waals surface area (Å²) >= 11 is 0. The van der Waals surface area contributed by atoms with Crippen LogP contribution in [0.2, 0.25) is 0 Å². The van der Waals surface area contributed by atoms with Crippen LogP contribution in [-0.2, 0) is 4.79 Å². The largest absolute Gasteiger partial charge is 0.378 e. The second kappa shape index (κ2) is 6.10. The highest BCUT2D eigenvalue weighted by Gasteiger charge is 2.41. The van der Waals surface area contributed by atoms with Crippen molar-refractivity contribution in [2.75, 3.05) is 22.2 Å². The van der Waals surface area contributed by atoms with Gasteiger partial charge in [-0.1, -0.05) is 30.3 Å². The Hall–Kier alpha value is -2.49. The van der Waals surface area contributed by atoms with Crippen LogP contribution >= 0.6 is 0 Å². The Bertz CT molecular complexity index is 785. The van der Waals surface area contributed by atoms with Gasteiger partial charge in [-0.2, -0.15) is 0 Å². The fourth-order valence-corrected chi connectivity index (χ4v) is 3.77. The number of benzene rings is 2. The van der Waals surface area contributed by atoms with Gasteiger partial charge in [0.2, 0.25) is 5.91 Å². The summed E-state index contributed by atoms with van der Waals surface area (Å²) in [4.78, 5) is 16.7. The molecule has 0 radical (unpaired) electrons. The summed E-state index contributed by atoms with van der Waals surface area (Å²) in [6, 6.07) is 17.4. The van der Waals surface area contributed by atoms with Crippen molar-refractivity contribution in [3.05, 3.63) is 54.1 Å². The average Bonchev–Trinajstić information content (AvgIpc) is 3.45. The molecule has 1 fully saturated rings. The van der Waals surface area contributed by atoms with Gasteiger partial charge in [-0.25, -0.2) is 0 Å². The molecule has 4 nitrogen and oxygen atoms in total. The third-order valence-corrected chi connectivity index (χ3v) is 5.34. The molecule has 4 heteroatoms. The van der Waals surface area contributed by atoms with Crippen LogP contribution in [0.25, 0.3) is 0 Å². The van der Waals surface area contributed by atoms with Gasteiger partial charge in [0, 0.05) is 24.8 Å². The second-order valence-corrected chi connectivity index (χ2v) is 7.19. The molecular formula is C21H25N3O. The van der Waals surface area contributed by atoms with E-state index in [0.29, 0.717) is 6.04 Å². The minimum Gasteiger partial charge on any atom is -0.378 e. The standard InChI is InChI=1S/C21H25N3O/c1-14(16-7-5-4-6-8-16)22-17-9-12-19-20(13-17)24(18-10-11-18)15(2)21(25)23(19)3/h4-9,12-15,18,22H,10-11H2,1-3H3/t14-,15-/m1/s1. The number of likely N-dealkylation sites (N-methyl/N-ethyl adjacent to an activating group) is 1. The molecule has 2 atom stereocenters. The van der Waals surface area contributed by atoms with Gasteiger partial charge in [0.1, 0.15) is 6.04 Å². The fraction of sp³-hybridized carbons (Fsp3) is 0.381. The summed E-state index contributed by atoms with van der Waals surface area (Å²) in [7, 11) is 1.88. The topological polar surface area (TPSA) is 35.6 Å². The molecule has 1 N–H and O–H groups in total. The molecule has 0 spiro atoms. The maximum absolute atomic E-state index is 12.5. The summed E-state index contributed by atoms with van der Waals surface area (Å²) < 4.78 is 0. The number of hydrogen-bond acceptors (Lipinski definition) is 3. The van der Waals surface area contributed by atoms with E-state index < -0.39 is 0 Å². The van der Waals surface area contributed by atoms with E-state index in [1.807, 2.05) is 20.0 Å². The van der Waals surface area contributed by atoms with Gasteiger partial charge in [-0.15, -0.1) is 0 Å². The van der Waals surface area contributed by atoms with E-state index in [4.69, 9.17) is 0 Å². The molecule has 4 rings (SSSR count). The molecule has 1 heterocycles. The van der Waals surface area contributed by atoms with E-state index in [0.717, 1.165) is 11.4 Å². The van der Waals surface area contributed by atoms with Crippen molar-refractivity contribution in [2.45, 2.75) is 44.8 Å². The average molecular weight is 335 g/mol. The van der Waals surface area contributed by atoms with Gasteiger partial charge < -0.3 is 15.1 Å². The molecule has 25 heavy (non-hydrogen) atoms. The monoisotopic (exact) mass is 335 g/mol. The fourth-order valence-electron chi connectivity index (χ4n) is 3.77. The van der Waals surface area contributed by atoms with Crippen molar-refractivity contribution in [1.29, 1.82) is 0 Å². The van der Waals surface area contributed by atoms with E-state index in [9.17, 15) is 4.79 Å². The molecule has 1 amide bonds. The van der Waals surface area contributed by atoms with Crippen LogP contribution in [0.3, 0.4) is 0 Å². The van der Waals surface area contributed by atoms with E-state index >= 15 is 0 Å². The van der Waals surface area contributed by atoms with Crippen molar-refractivity contribution in [3.8, 4) is 0 Å². The molecule has 2 aromatic rings. The molecule has 0 saturated heterocycles. The SMILES string of the molecule is C[C@@H]1C(=O)N(C)c2ccc(N[C@H](C)c3ccccc3)cc2N1C1CC1. The third-order valence-electron chi connectivity index (χ3n) is 5.34. The van der Waals surface area contributed by atoms with Crippen LogP contribution in [-0.4, -0.2) is 25.0 Å². The quantitative estimate of drug-likeness (QED) is 0.910. The molecule has 1 aliphatic carbocycles. The minimum absolute atomic E-state index is 0.0909. The minimum atomic E-state index is -0.0909. The number of fused-ring (bicyclic) bond motifs is 1. The smallest absolute Gasteiger partial charge is 0.249 e. The first-order chi connectivity index (χ1) is 12.1. The summed E-state index contributed by atoms with van der Waals surface area (Å²) in [6.45, 7) is 4.19. The van der Waals surface area contributed by atoms with Crippen molar-refractivity contribution in [3.63, 3.8) is 0 Å². The lowest BCUT2D eigenvalue weighted by atomic mass is 10.1. The van der Waals surface area contributed by atoms with Crippen LogP contribution in [0.1, 0.15) is 38.3 Å². The number of nitrogens with zero attached hydrogens (tertiary/aromatic N) is 2. The van der Waals surface area contributed by atoms with Crippen molar-refractivity contribution in [1.82, 2.24) is 0 Å². The highest BCUT2D eigenvalue weighted by atomic mass is 16.2. The Balaban J connectivity index is 1.65. The first kappa shape index (κ1) is 16.0. The van der Waals surface area contributed by atoms with Crippen LogP contribution in [0.15, 0.2) is 48.5 Å². The number of nitrogens with one attached hydrogen (secondary N) is 1. The van der Waals surface area contributed by atoms with Gasteiger partial charge in [-0.05, 0) is 50.5 Å². The number of carbonyl (C=O) groups excluding carboxylic acids is 1. The van der Waals surface area contributed by atoms with Crippen molar-refractivity contribution >= 4 is 23.0 Å². The number of carbonyl (C=O) groups is 1. The number of amides is 1. The maximum atomic E-state index is 12.5. The number of hydrogen-bond donors (Lipinski definition) is 1. The first-order valence-corrected chi connectivity index (χ1v) is 9.07. The van der Waals surface area contributed by atoms with E-state index in [1.54, 1.807) is 4.90 Å². The van der Waals surface area contributed by atoms with Gasteiger partial charge in [-0.3, -0.25) is 4.79 Å². The Morgan fingerprint density at radius 3 is 2.48 bits per heavy atom. The number of rotatable bonds is 4. The third kappa shape index (κ3) is 2.86. The van der Waals surface area contributed by atoms with E-state index in [-0.39, 0.29) is 18.0 Å². The molecule has 2 aliphatic rings. The lowest BCUT2D eigenvalue weighted by molar-refractivity contribution is -0.119. The Morgan fingerprint density at radius 1 is 1.08 bits per heavy atom. The highest BCUT2D eigenvalue weighted by Crippen LogP contribution is 2.43. The van der Waals surface area contributed by atoms with Crippen LogP contribution in [0, 0.1) is 0 Å². The molecule has 1 aliphatic heterocycles. The van der Waals surface area contributed by atoms with E-state index in [2.05, 4.69) is 59.6 Å². The summed E-state index contributed by atoms with van der Waals surface area (Å²) in [5.74, 6) is 0.178. The van der Waals surface area contributed by atoms with Gasteiger partial charge in [0.05, 0.1) is 11.4 Å². The van der Waals surface area contributed by atoms with Gasteiger partial charge in [0.25, 0.3) is 0 Å². The lowest BCUT2D eigenvalue weighted by Crippen LogP contribution is -2.51. The predicted octanol–water partition coefficient (Wildman–Crippen LogP) is 4.19. The molecule has 2 aromatic carbocycles. The summed E-state index contributed by atoms with van der Waals surface area (Å²) in [6.07, 6.45) is 2.36. The number of anilines is 3. The molecule has 0 unspecified atom stereocenters. The predicted molar refractivity (Wildman–Crippen MR) is 103 cm³/mol. The summed E-state index contributed by atoms with van der Waals surface area (Å²) in [5.41, 5.74) is 4.53. The van der Waals surface area contributed by atoms with Gasteiger partial charge >= 0.3 is 0 Å². The summed E-state index contributed by atoms with van der Waals surface area (Å²) in [5, 5.41) is 3.60.